The van der Waals surface area contributed by atoms with Crippen LogP contribution in [0.4, 0.5) is 11.4 Å². The number of hydrogen-bond acceptors (Lipinski definition) is 5. The average Bonchev–Trinajstić information content (AvgIpc) is 3.16. The molecule has 0 atom stereocenters. The maximum atomic E-state index is 12.4. The molecule has 1 heterocycles. The van der Waals surface area contributed by atoms with Crippen LogP contribution in [0.15, 0.2) is 53.1 Å². The van der Waals surface area contributed by atoms with Crippen LogP contribution in [-0.2, 0) is 17.6 Å². The van der Waals surface area contributed by atoms with Gasteiger partial charge in [0.25, 0.3) is 5.91 Å². The molecule has 0 saturated heterocycles. The summed E-state index contributed by atoms with van der Waals surface area (Å²) < 4.78 is 5.14. The number of hydrogen-bond donors (Lipinski definition) is 2. The number of nitrogens with zero attached hydrogens (tertiary/aromatic N) is 2. The molecule has 0 radical (unpaired) electrons. The molecular formula is C21H21ClN4O3. The predicted octanol–water partition coefficient (Wildman–Crippen LogP) is 4.50. The van der Waals surface area contributed by atoms with Crippen molar-refractivity contribution in [2.24, 2.45) is 0 Å². The van der Waals surface area contributed by atoms with Gasteiger partial charge in [-0.05, 0) is 42.8 Å². The van der Waals surface area contributed by atoms with E-state index < -0.39 is 0 Å². The number of aryl methyl sites for hydroxylation is 2. The van der Waals surface area contributed by atoms with Crippen LogP contribution < -0.4 is 10.6 Å². The Morgan fingerprint density at radius 2 is 1.69 bits per heavy atom. The molecule has 3 aromatic rings. The van der Waals surface area contributed by atoms with Crippen molar-refractivity contribution >= 4 is 34.8 Å². The molecule has 0 aliphatic carbocycles. The monoisotopic (exact) mass is 412 g/mol. The van der Waals surface area contributed by atoms with Crippen molar-refractivity contribution in [2.75, 3.05) is 10.6 Å². The van der Waals surface area contributed by atoms with Crippen molar-refractivity contribution in [1.29, 1.82) is 0 Å². The highest BCUT2D eigenvalue weighted by Gasteiger charge is 2.13. The van der Waals surface area contributed by atoms with Gasteiger partial charge in [0.05, 0.1) is 11.4 Å². The number of anilines is 2. The van der Waals surface area contributed by atoms with Gasteiger partial charge < -0.3 is 15.2 Å². The first-order chi connectivity index (χ1) is 14.0. The lowest BCUT2D eigenvalue weighted by Crippen LogP contribution is -2.17. The van der Waals surface area contributed by atoms with E-state index in [0.717, 1.165) is 12.8 Å². The smallest absolute Gasteiger partial charge is 0.255 e. The van der Waals surface area contributed by atoms with Crippen LogP contribution in [0.2, 0.25) is 5.02 Å². The lowest BCUT2D eigenvalue weighted by Gasteiger charge is -2.12. The lowest BCUT2D eigenvalue weighted by molar-refractivity contribution is -0.116. The molecule has 3 rings (SSSR count). The maximum absolute atomic E-state index is 12.4. The van der Waals surface area contributed by atoms with Gasteiger partial charge in [-0.25, -0.2) is 0 Å². The number of carbonyl (C=O) groups is 2. The van der Waals surface area contributed by atoms with E-state index in [4.69, 9.17) is 16.1 Å². The van der Waals surface area contributed by atoms with Gasteiger partial charge in [0.1, 0.15) is 0 Å². The number of carbonyl (C=O) groups excluding carboxylic acids is 2. The summed E-state index contributed by atoms with van der Waals surface area (Å²) in [6, 6.07) is 13.6. The zero-order valence-electron chi connectivity index (χ0n) is 15.9. The Hall–Kier alpha value is -3.19. The van der Waals surface area contributed by atoms with E-state index in [9.17, 15) is 9.59 Å². The highest BCUT2D eigenvalue weighted by Crippen LogP contribution is 2.22. The van der Waals surface area contributed by atoms with Crippen LogP contribution in [-0.4, -0.2) is 22.0 Å². The normalized spacial score (nSPS) is 10.6. The highest BCUT2D eigenvalue weighted by atomic mass is 35.5. The molecule has 8 heteroatoms. The summed E-state index contributed by atoms with van der Waals surface area (Å²) in [6.45, 7) is 2.03. The van der Waals surface area contributed by atoms with Gasteiger partial charge in [-0.2, -0.15) is 4.98 Å². The Labute approximate surface area is 173 Å². The van der Waals surface area contributed by atoms with Gasteiger partial charge in [-0.1, -0.05) is 35.8 Å². The van der Waals surface area contributed by atoms with Crippen molar-refractivity contribution in [3.8, 4) is 0 Å². The fraction of sp³-hybridized carbons (Fsp3) is 0.238. The molecule has 0 saturated carbocycles. The van der Waals surface area contributed by atoms with Crippen molar-refractivity contribution in [3.05, 3.63) is 70.8 Å². The molecule has 2 aromatic carbocycles. The number of amides is 2. The maximum Gasteiger partial charge on any atom is 0.255 e. The van der Waals surface area contributed by atoms with Gasteiger partial charge in [0.2, 0.25) is 11.8 Å². The quantitative estimate of drug-likeness (QED) is 0.567. The molecule has 0 unspecified atom stereocenters. The van der Waals surface area contributed by atoms with E-state index in [1.165, 1.54) is 0 Å². The van der Waals surface area contributed by atoms with Crippen molar-refractivity contribution < 1.29 is 14.1 Å². The fourth-order valence-corrected chi connectivity index (χ4v) is 2.77. The third-order valence-electron chi connectivity index (χ3n) is 4.11. The minimum Gasteiger partial charge on any atom is -0.339 e. The summed E-state index contributed by atoms with van der Waals surface area (Å²) in [5, 5.41) is 10.0. The van der Waals surface area contributed by atoms with Gasteiger partial charge in [-0.15, -0.1) is 0 Å². The number of halogens is 1. The Bertz CT molecular complexity index is 986. The van der Waals surface area contributed by atoms with Crippen LogP contribution in [0, 0.1) is 0 Å². The first-order valence-corrected chi connectivity index (χ1v) is 9.70. The van der Waals surface area contributed by atoms with Crippen LogP contribution in [0.25, 0.3) is 0 Å². The zero-order chi connectivity index (χ0) is 20.6. The van der Waals surface area contributed by atoms with Crippen LogP contribution in [0.5, 0.6) is 0 Å². The molecule has 7 nitrogen and oxygen atoms in total. The minimum atomic E-state index is -0.294. The molecule has 150 valence electrons. The first kappa shape index (κ1) is 20.5. The van der Waals surface area contributed by atoms with Gasteiger partial charge >= 0.3 is 0 Å². The molecule has 0 spiro atoms. The second-order valence-electron chi connectivity index (χ2n) is 6.41. The molecule has 2 amide bonds. The molecule has 29 heavy (non-hydrogen) atoms. The average molecular weight is 413 g/mol. The highest BCUT2D eigenvalue weighted by molar-refractivity contribution is 6.30. The van der Waals surface area contributed by atoms with Crippen molar-refractivity contribution in [2.45, 2.75) is 32.6 Å². The second kappa shape index (κ2) is 9.84. The number of nitrogens with one attached hydrogen (secondary N) is 2. The Morgan fingerprint density at radius 1 is 1.00 bits per heavy atom. The standard InChI is InChI=1S/C21H21ClN4O3/c1-2-5-18-25-20(29-26-18)13-12-19(27)23-16-6-3-4-7-17(16)24-21(28)14-8-10-15(22)11-9-14/h3-4,6-11H,2,5,12-13H2,1H3,(H,23,27)(H,24,28). The number of para-hydroxylation sites is 2. The molecule has 0 bridgehead atoms. The summed E-state index contributed by atoms with van der Waals surface area (Å²) in [7, 11) is 0. The third-order valence-corrected chi connectivity index (χ3v) is 4.36. The third kappa shape index (κ3) is 5.89. The predicted molar refractivity (Wildman–Crippen MR) is 111 cm³/mol. The van der Waals surface area contributed by atoms with Gasteiger partial charge in [-0.3, -0.25) is 9.59 Å². The topological polar surface area (TPSA) is 97.1 Å². The van der Waals surface area contributed by atoms with E-state index in [1.807, 2.05) is 6.92 Å². The molecule has 0 aliphatic heterocycles. The van der Waals surface area contributed by atoms with E-state index in [1.54, 1.807) is 48.5 Å². The van der Waals surface area contributed by atoms with Crippen molar-refractivity contribution in [1.82, 2.24) is 10.1 Å². The van der Waals surface area contributed by atoms with Crippen LogP contribution in [0.1, 0.15) is 41.8 Å². The van der Waals surface area contributed by atoms with Gasteiger partial charge in [0.15, 0.2) is 5.82 Å². The zero-order valence-corrected chi connectivity index (χ0v) is 16.7. The summed E-state index contributed by atoms with van der Waals surface area (Å²) >= 11 is 5.86. The largest absolute Gasteiger partial charge is 0.339 e. The van der Waals surface area contributed by atoms with E-state index in [0.29, 0.717) is 40.1 Å². The SMILES string of the molecule is CCCc1noc(CCC(=O)Nc2ccccc2NC(=O)c2ccc(Cl)cc2)n1. The van der Waals surface area contributed by atoms with E-state index in [2.05, 4.69) is 20.8 Å². The first-order valence-electron chi connectivity index (χ1n) is 9.32. The number of rotatable bonds is 8. The molecule has 1 aromatic heterocycles. The second-order valence-corrected chi connectivity index (χ2v) is 6.85. The van der Waals surface area contributed by atoms with Gasteiger partial charge in [0, 0.05) is 29.8 Å². The Balaban J connectivity index is 1.59. The summed E-state index contributed by atoms with van der Waals surface area (Å²) in [4.78, 5) is 29.0. The minimum absolute atomic E-state index is 0.188. The lowest BCUT2D eigenvalue weighted by atomic mass is 10.2. The fourth-order valence-electron chi connectivity index (χ4n) is 2.65. The summed E-state index contributed by atoms with van der Waals surface area (Å²) in [5.74, 6) is 0.581. The molecular weight excluding hydrogens is 392 g/mol. The van der Waals surface area contributed by atoms with E-state index in [-0.39, 0.29) is 18.2 Å². The molecule has 2 N–H and O–H groups in total. The Morgan fingerprint density at radius 3 is 2.38 bits per heavy atom. The van der Waals surface area contributed by atoms with Crippen molar-refractivity contribution in [3.63, 3.8) is 0 Å². The Kier molecular flexibility index (Phi) is 6.97. The number of benzene rings is 2. The number of aromatic nitrogens is 2. The summed E-state index contributed by atoms with van der Waals surface area (Å²) in [6.07, 6.45) is 2.21. The molecule has 0 fully saturated rings. The van der Waals surface area contributed by atoms with Crippen LogP contribution in [0.3, 0.4) is 0 Å². The summed E-state index contributed by atoms with van der Waals surface area (Å²) in [5.41, 5.74) is 1.48. The van der Waals surface area contributed by atoms with Crippen LogP contribution >= 0.6 is 11.6 Å². The van der Waals surface area contributed by atoms with E-state index >= 15 is 0 Å². The molecule has 0 aliphatic rings.